The minimum atomic E-state index is -1.25. The molecule has 6 heteroatoms. The summed E-state index contributed by atoms with van der Waals surface area (Å²) in [7, 11) is -1.25. The second-order valence-electron chi connectivity index (χ2n) is 8.64. The van der Waals surface area contributed by atoms with Gasteiger partial charge in [0, 0.05) is 18.8 Å². The summed E-state index contributed by atoms with van der Waals surface area (Å²) in [6.45, 7) is 13.5. The van der Waals surface area contributed by atoms with E-state index in [1.807, 2.05) is 0 Å². The zero-order chi connectivity index (χ0) is 20.4. The van der Waals surface area contributed by atoms with E-state index >= 15 is 0 Å². The van der Waals surface area contributed by atoms with Crippen LogP contribution in [0.15, 0.2) is 10.7 Å². The van der Waals surface area contributed by atoms with Gasteiger partial charge in [0.2, 0.25) is 9.04 Å². The quantitative estimate of drug-likeness (QED) is 0.241. The molecular formula is C21H38O4SSi. The Hall–Kier alpha value is -0.753. The summed E-state index contributed by atoms with van der Waals surface area (Å²) in [6, 6.07) is 0. The highest BCUT2D eigenvalue weighted by Gasteiger charge is 2.40. The van der Waals surface area contributed by atoms with Crippen molar-refractivity contribution in [2.24, 2.45) is 11.3 Å². The lowest BCUT2D eigenvalue weighted by Gasteiger charge is -2.30. The van der Waals surface area contributed by atoms with E-state index in [4.69, 9.17) is 9.16 Å². The van der Waals surface area contributed by atoms with Crippen LogP contribution in [0.1, 0.15) is 72.6 Å². The van der Waals surface area contributed by atoms with Crippen molar-refractivity contribution in [1.29, 1.82) is 0 Å². The summed E-state index contributed by atoms with van der Waals surface area (Å²) in [4.78, 5) is 25.0. The third-order valence-electron chi connectivity index (χ3n) is 4.62. The van der Waals surface area contributed by atoms with Crippen molar-refractivity contribution in [3.05, 3.63) is 10.7 Å². The lowest BCUT2D eigenvalue weighted by molar-refractivity contribution is -0.143. The number of ether oxygens (including phenoxy) is 1. The molecule has 4 nitrogen and oxygen atoms in total. The van der Waals surface area contributed by atoms with Gasteiger partial charge < -0.3 is 9.16 Å². The van der Waals surface area contributed by atoms with Gasteiger partial charge in [-0.15, -0.1) is 11.8 Å². The predicted octanol–water partition coefficient (Wildman–Crippen LogP) is 5.47. The maximum absolute atomic E-state index is 12.6. The van der Waals surface area contributed by atoms with E-state index in [2.05, 4.69) is 40.8 Å². The number of rotatable bonds is 12. The Kier molecular flexibility index (Phi) is 10.7. The summed E-state index contributed by atoms with van der Waals surface area (Å²) in [5.41, 5.74) is 0.0364. The molecule has 0 amide bonds. The van der Waals surface area contributed by atoms with Crippen molar-refractivity contribution >= 4 is 32.6 Å². The first-order valence-corrected chi connectivity index (χ1v) is 14.2. The number of carbonyl (C=O) groups excluding carboxylic acids is 2. The van der Waals surface area contributed by atoms with Gasteiger partial charge in [-0.1, -0.05) is 40.5 Å². The smallest absolute Gasteiger partial charge is 0.305 e. The Bertz CT molecular complexity index is 523. The topological polar surface area (TPSA) is 52.6 Å². The molecule has 1 aliphatic rings. The Morgan fingerprint density at radius 3 is 2.48 bits per heavy atom. The third kappa shape index (κ3) is 8.86. The number of hydrogen-bond donors (Lipinski definition) is 0. The van der Waals surface area contributed by atoms with Crippen LogP contribution in [0.4, 0.5) is 0 Å². The molecule has 0 fully saturated rings. The summed E-state index contributed by atoms with van der Waals surface area (Å²) in [5.74, 6) is 2.20. The van der Waals surface area contributed by atoms with E-state index in [1.165, 1.54) is 0 Å². The number of esters is 1. The van der Waals surface area contributed by atoms with E-state index < -0.39 is 9.04 Å². The highest BCUT2D eigenvalue weighted by molar-refractivity contribution is 8.04. The fraction of sp³-hybridized carbons (Fsp3) is 0.810. The van der Waals surface area contributed by atoms with Gasteiger partial charge in [-0.05, 0) is 43.5 Å². The van der Waals surface area contributed by atoms with Crippen molar-refractivity contribution in [1.82, 2.24) is 0 Å². The number of allylic oxidation sites excluding steroid dienone is 2. The maximum Gasteiger partial charge on any atom is 0.305 e. The third-order valence-corrected chi connectivity index (χ3v) is 6.56. The van der Waals surface area contributed by atoms with Gasteiger partial charge in [0.25, 0.3) is 0 Å². The maximum atomic E-state index is 12.6. The van der Waals surface area contributed by atoms with E-state index in [0.29, 0.717) is 19.4 Å². The molecule has 0 spiro atoms. The SMILES string of the molecule is CCCCOC(=O)CCCCCSC1=C(O[SiH](C)C)[C@@H](C(C)(C)C)CC1=O. The van der Waals surface area contributed by atoms with Gasteiger partial charge in [0.15, 0.2) is 5.78 Å². The molecule has 0 N–H and O–H groups in total. The van der Waals surface area contributed by atoms with Gasteiger partial charge in [0.05, 0.1) is 11.5 Å². The number of unbranched alkanes of at least 4 members (excludes halogenated alkanes) is 3. The zero-order valence-corrected chi connectivity index (χ0v) is 20.0. The Morgan fingerprint density at radius 1 is 1.19 bits per heavy atom. The molecule has 1 rings (SSSR count). The summed E-state index contributed by atoms with van der Waals surface area (Å²) < 4.78 is 11.4. The summed E-state index contributed by atoms with van der Waals surface area (Å²) in [5, 5.41) is 0. The molecule has 0 bridgehead atoms. The van der Waals surface area contributed by atoms with E-state index in [-0.39, 0.29) is 23.1 Å². The molecule has 0 aromatic heterocycles. The largest absolute Gasteiger partial charge is 0.549 e. The first-order valence-electron chi connectivity index (χ1n) is 10.4. The fourth-order valence-electron chi connectivity index (χ4n) is 3.03. The van der Waals surface area contributed by atoms with Crippen LogP contribution in [0.2, 0.25) is 13.1 Å². The first-order chi connectivity index (χ1) is 12.7. The van der Waals surface area contributed by atoms with Crippen LogP contribution in [0, 0.1) is 11.3 Å². The second kappa shape index (κ2) is 11.9. The number of hydrogen-bond acceptors (Lipinski definition) is 5. The number of carbonyl (C=O) groups is 2. The van der Waals surface area contributed by atoms with Crippen LogP contribution in [-0.2, 0) is 18.8 Å². The molecule has 0 heterocycles. The molecule has 0 unspecified atom stereocenters. The number of ketones is 1. The van der Waals surface area contributed by atoms with Crippen molar-refractivity contribution in [3.8, 4) is 0 Å². The summed E-state index contributed by atoms with van der Waals surface area (Å²) >= 11 is 1.65. The van der Waals surface area contributed by atoms with Crippen molar-refractivity contribution in [3.63, 3.8) is 0 Å². The highest BCUT2D eigenvalue weighted by Crippen LogP contribution is 2.45. The minimum absolute atomic E-state index is 0.0364. The average Bonchev–Trinajstić information content (AvgIpc) is 2.86. The number of thioether (sulfide) groups is 1. The Morgan fingerprint density at radius 2 is 1.89 bits per heavy atom. The fourth-order valence-corrected chi connectivity index (χ4v) is 5.04. The second-order valence-corrected chi connectivity index (χ2v) is 12.1. The molecule has 0 radical (unpaired) electrons. The van der Waals surface area contributed by atoms with Crippen LogP contribution in [0.5, 0.6) is 0 Å². The van der Waals surface area contributed by atoms with Gasteiger partial charge in [-0.2, -0.15) is 0 Å². The molecule has 0 aliphatic heterocycles. The highest BCUT2D eigenvalue weighted by atomic mass is 32.2. The monoisotopic (exact) mass is 414 g/mol. The molecule has 0 saturated carbocycles. The number of Topliss-reactive ketones (excluding diaryl/α,β-unsaturated/α-hetero) is 1. The average molecular weight is 415 g/mol. The molecule has 156 valence electrons. The van der Waals surface area contributed by atoms with E-state index in [9.17, 15) is 9.59 Å². The van der Waals surface area contributed by atoms with Crippen LogP contribution in [-0.4, -0.2) is 33.2 Å². The molecule has 27 heavy (non-hydrogen) atoms. The molecular weight excluding hydrogens is 376 g/mol. The van der Waals surface area contributed by atoms with Gasteiger partial charge in [0.1, 0.15) is 5.76 Å². The Balaban J connectivity index is 2.44. The van der Waals surface area contributed by atoms with Crippen molar-refractivity contribution in [2.45, 2.75) is 85.7 Å². The summed E-state index contributed by atoms with van der Waals surface area (Å²) in [6.07, 6.45) is 5.88. The van der Waals surface area contributed by atoms with Crippen LogP contribution >= 0.6 is 11.8 Å². The first kappa shape index (κ1) is 24.3. The lowest BCUT2D eigenvalue weighted by atomic mass is 9.79. The van der Waals surface area contributed by atoms with E-state index in [1.54, 1.807) is 11.8 Å². The predicted molar refractivity (Wildman–Crippen MR) is 116 cm³/mol. The zero-order valence-electron chi connectivity index (χ0n) is 18.1. The van der Waals surface area contributed by atoms with E-state index in [0.717, 1.165) is 48.5 Å². The Labute approximate surface area is 171 Å². The van der Waals surface area contributed by atoms with Crippen molar-refractivity contribution in [2.75, 3.05) is 12.4 Å². The molecule has 0 saturated heterocycles. The van der Waals surface area contributed by atoms with Gasteiger partial charge >= 0.3 is 5.97 Å². The molecule has 0 aromatic rings. The van der Waals surface area contributed by atoms with Crippen molar-refractivity contribution < 1.29 is 18.8 Å². The van der Waals surface area contributed by atoms with Crippen LogP contribution in [0.3, 0.4) is 0 Å². The van der Waals surface area contributed by atoms with Gasteiger partial charge in [-0.3, -0.25) is 9.59 Å². The van der Waals surface area contributed by atoms with Crippen LogP contribution in [0.25, 0.3) is 0 Å². The standard InChI is InChI=1S/C21H38O4SSi/c1-7-8-13-24-18(23)12-10-9-11-14-26-20-17(22)15-16(21(2,3)4)19(20)25-27(5)6/h16,27H,7-15H2,1-6H3/t16-/m0/s1. The minimum Gasteiger partial charge on any atom is -0.549 e. The lowest BCUT2D eigenvalue weighted by Crippen LogP contribution is -2.24. The molecule has 0 aromatic carbocycles. The molecule has 1 atom stereocenters. The normalized spacial score (nSPS) is 17.7. The van der Waals surface area contributed by atoms with Crippen LogP contribution < -0.4 is 0 Å². The molecule has 1 aliphatic carbocycles. The van der Waals surface area contributed by atoms with Gasteiger partial charge in [-0.25, -0.2) is 0 Å².